The Labute approximate surface area is 176 Å². The number of hydrogen-bond donors (Lipinski definition) is 3. The van der Waals surface area contributed by atoms with Gasteiger partial charge < -0.3 is 20.5 Å². The minimum absolute atomic E-state index is 0.0165. The third-order valence-corrected chi connectivity index (χ3v) is 4.79. The monoisotopic (exact) mass is 409 g/mol. The number of nitrogens with zero attached hydrogens (tertiary/aromatic N) is 2. The van der Waals surface area contributed by atoms with Gasteiger partial charge in [-0.15, -0.1) is 0 Å². The largest absolute Gasteiger partial charge is 0.361 e. The number of benzene rings is 2. The molecule has 3 N–H and O–H groups in total. The number of hydrogen-bond acceptors (Lipinski definition) is 2. The number of carbonyl (C=O) groups is 1. The highest BCUT2D eigenvalue weighted by Gasteiger charge is 2.08. The van der Waals surface area contributed by atoms with Crippen molar-refractivity contribution in [2.75, 3.05) is 27.2 Å². The minimum atomic E-state index is -0.232. The molecule has 0 radical (unpaired) electrons. The van der Waals surface area contributed by atoms with Crippen LogP contribution in [0.15, 0.2) is 53.7 Å². The van der Waals surface area contributed by atoms with Gasteiger partial charge in [0.05, 0.1) is 6.54 Å². The van der Waals surface area contributed by atoms with E-state index in [1.165, 1.54) is 6.07 Å². The molecule has 0 unspecified atom stereocenters. The Kier molecular flexibility index (Phi) is 7.06. The molecule has 2 aromatic carbocycles. The zero-order valence-electron chi connectivity index (χ0n) is 17.6. The summed E-state index contributed by atoms with van der Waals surface area (Å²) in [4.78, 5) is 21.3. The van der Waals surface area contributed by atoms with Crippen molar-refractivity contribution < 1.29 is 9.18 Å². The molecule has 3 rings (SSSR count). The molecule has 0 bridgehead atoms. The summed E-state index contributed by atoms with van der Waals surface area (Å²) >= 11 is 0. The first-order valence-electron chi connectivity index (χ1n) is 10.1. The molecular weight excluding hydrogens is 381 g/mol. The van der Waals surface area contributed by atoms with Gasteiger partial charge in [0.15, 0.2) is 5.96 Å². The molecule has 0 atom stereocenters. The summed E-state index contributed by atoms with van der Waals surface area (Å²) in [5, 5.41) is 7.47. The standard InChI is InChI=1S/C23H28FN5O/c1-4-25-23(28-14-16-5-7-17(8-6-16)22(30)29(2)3)26-12-11-18-15-27-21-10-9-19(24)13-20(18)21/h5-10,13,15,27H,4,11-12,14H2,1-3H3,(H2,25,26,28). The van der Waals surface area contributed by atoms with Crippen LogP contribution in [0, 0.1) is 5.82 Å². The van der Waals surface area contributed by atoms with Gasteiger partial charge in [0, 0.05) is 49.8 Å². The number of guanidine groups is 1. The highest BCUT2D eigenvalue weighted by atomic mass is 19.1. The number of aliphatic imine (C=N–C) groups is 1. The summed E-state index contributed by atoms with van der Waals surface area (Å²) in [5.74, 6) is 0.471. The molecule has 0 aliphatic carbocycles. The van der Waals surface area contributed by atoms with Crippen LogP contribution in [0.25, 0.3) is 10.9 Å². The van der Waals surface area contributed by atoms with Crippen LogP contribution in [0.4, 0.5) is 4.39 Å². The molecule has 0 aliphatic rings. The lowest BCUT2D eigenvalue weighted by Gasteiger charge is -2.12. The Morgan fingerprint density at radius 3 is 2.60 bits per heavy atom. The molecule has 7 heteroatoms. The zero-order valence-corrected chi connectivity index (χ0v) is 17.6. The van der Waals surface area contributed by atoms with Gasteiger partial charge in [-0.05, 0) is 54.8 Å². The van der Waals surface area contributed by atoms with E-state index in [1.807, 2.05) is 37.4 Å². The van der Waals surface area contributed by atoms with Crippen LogP contribution in [-0.2, 0) is 13.0 Å². The fraction of sp³-hybridized carbons (Fsp3) is 0.304. The maximum atomic E-state index is 13.5. The molecule has 0 aliphatic heterocycles. The van der Waals surface area contributed by atoms with Gasteiger partial charge >= 0.3 is 0 Å². The van der Waals surface area contributed by atoms with Crippen LogP contribution in [-0.4, -0.2) is 48.9 Å². The van der Waals surface area contributed by atoms with Gasteiger partial charge in [-0.2, -0.15) is 0 Å². The van der Waals surface area contributed by atoms with Crippen molar-refractivity contribution in [1.29, 1.82) is 0 Å². The number of amides is 1. The average molecular weight is 410 g/mol. The van der Waals surface area contributed by atoms with E-state index < -0.39 is 0 Å². The van der Waals surface area contributed by atoms with Crippen molar-refractivity contribution in [1.82, 2.24) is 20.5 Å². The Morgan fingerprint density at radius 1 is 1.13 bits per heavy atom. The van der Waals surface area contributed by atoms with E-state index >= 15 is 0 Å². The highest BCUT2D eigenvalue weighted by Crippen LogP contribution is 2.19. The van der Waals surface area contributed by atoms with Crippen LogP contribution in [0.2, 0.25) is 0 Å². The molecular formula is C23H28FN5O. The number of rotatable bonds is 7. The quantitative estimate of drug-likeness (QED) is 0.414. The number of nitrogens with one attached hydrogen (secondary N) is 3. The summed E-state index contributed by atoms with van der Waals surface area (Å²) in [5.41, 5.74) is 3.68. The molecule has 30 heavy (non-hydrogen) atoms. The lowest BCUT2D eigenvalue weighted by molar-refractivity contribution is 0.0827. The lowest BCUT2D eigenvalue weighted by atomic mass is 10.1. The molecule has 1 amide bonds. The Morgan fingerprint density at radius 2 is 1.90 bits per heavy atom. The van der Waals surface area contributed by atoms with E-state index in [2.05, 4.69) is 20.6 Å². The minimum Gasteiger partial charge on any atom is -0.361 e. The van der Waals surface area contributed by atoms with Crippen molar-refractivity contribution >= 4 is 22.8 Å². The van der Waals surface area contributed by atoms with Crippen molar-refractivity contribution in [2.24, 2.45) is 4.99 Å². The first-order valence-corrected chi connectivity index (χ1v) is 10.1. The Balaban J connectivity index is 1.59. The maximum Gasteiger partial charge on any atom is 0.253 e. The van der Waals surface area contributed by atoms with Crippen LogP contribution in [0.3, 0.4) is 0 Å². The zero-order chi connectivity index (χ0) is 21.5. The lowest BCUT2D eigenvalue weighted by Crippen LogP contribution is -2.38. The molecule has 6 nitrogen and oxygen atoms in total. The van der Waals surface area contributed by atoms with E-state index in [4.69, 9.17) is 0 Å². The molecule has 0 saturated heterocycles. The number of H-pyrrole nitrogens is 1. The Bertz CT molecular complexity index is 1020. The second kappa shape index (κ2) is 9.91. The second-order valence-electron chi connectivity index (χ2n) is 7.27. The molecule has 1 heterocycles. The van der Waals surface area contributed by atoms with Gasteiger partial charge in [0.25, 0.3) is 5.91 Å². The number of halogens is 1. The van der Waals surface area contributed by atoms with Crippen molar-refractivity contribution in [3.63, 3.8) is 0 Å². The molecule has 158 valence electrons. The first-order chi connectivity index (χ1) is 14.5. The summed E-state index contributed by atoms with van der Waals surface area (Å²) in [7, 11) is 3.48. The van der Waals surface area contributed by atoms with Crippen LogP contribution in [0.1, 0.15) is 28.4 Å². The number of fused-ring (bicyclic) bond motifs is 1. The van der Waals surface area contributed by atoms with Crippen molar-refractivity contribution in [2.45, 2.75) is 19.9 Å². The number of aromatic amines is 1. The predicted octanol–water partition coefficient (Wildman–Crippen LogP) is 3.31. The molecule has 0 spiro atoms. The third-order valence-electron chi connectivity index (χ3n) is 4.79. The van der Waals surface area contributed by atoms with E-state index in [0.29, 0.717) is 18.7 Å². The number of carbonyl (C=O) groups excluding carboxylic acids is 1. The van der Waals surface area contributed by atoms with Crippen LogP contribution in [0.5, 0.6) is 0 Å². The summed E-state index contributed by atoms with van der Waals surface area (Å²) in [6.45, 7) is 3.94. The number of aromatic nitrogens is 1. The van der Waals surface area contributed by atoms with Gasteiger partial charge in [0.2, 0.25) is 0 Å². The topological polar surface area (TPSA) is 72.5 Å². The van der Waals surface area contributed by atoms with E-state index in [-0.39, 0.29) is 11.7 Å². The van der Waals surface area contributed by atoms with Crippen LogP contribution < -0.4 is 10.6 Å². The first kappa shape index (κ1) is 21.4. The third kappa shape index (κ3) is 5.37. The van der Waals surface area contributed by atoms with Gasteiger partial charge in [0.1, 0.15) is 5.82 Å². The summed E-state index contributed by atoms with van der Waals surface area (Å²) < 4.78 is 13.5. The van der Waals surface area contributed by atoms with E-state index in [9.17, 15) is 9.18 Å². The van der Waals surface area contributed by atoms with E-state index in [0.717, 1.165) is 41.0 Å². The fourth-order valence-electron chi connectivity index (χ4n) is 3.20. The highest BCUT2D eigenvalue weighted by molar-refractivity contribution is 5.93. The molecule has 0 saturated carbocycles. The molecule has 3 aromatic rings. The second-order valence-corrected chi connectivity index (χ2v) is 7.27. The smallest absolute Gasteiger partial charge is 0.253 e. The van der Waals surface area contributed by atoms with Gasteiger partial charge in [-0.25, -0.2) is 9.38 Å². The van der Waals surface area contributed by atoms with Gasteiger partial charge in [-0.3, -0.25) is 4.79 Å². The normalized spacial score (nSPS) is 11.5. The average Bonchev–Trinajstić information content (AvgIpc) is 3.14. The SMILES string of the molecule is CCNC(=NCc1ccc(C(=O)N(C)C)cc1)NCCc1c[nH]c2ccc(F)cc12. The predicted molar refractivity (Wildman–Crippen MR) is 119 cm³/mol. The van der Waals surface area contributed by atoms with E-state index in [1.54, 1.807) is 31.1 Å². The summed E-state index contributed by atoms with van der Waals surface area (Å²) in [6.07, 6.45) is 2.67. The van der Waals surface area contributed by atoms with Gasteiger partial charge in [-0.1, -0.05) is 12.1 Å². The Hall–Kier alpha value is -3.35. The molecule has 0 fully saturated rings. The fourth-order valence-corrected chi connectivity index (χ4v) is 3.20. The van der Waals surface area contributed by atoms with Crippen molar-refractivity contribution in [3.05, 3.63) is 71.2 Å². The molecule has 1 aromatic heterocycles. The van der Waals surface area contributed by atoms with Crippen molar-refractivity contribution in [3.8, 4) is 0 Å². The van der Waals surface area contributed by atoms with Crippen LogP contribution >= 0.6 is 0 Å². The summed E-state index contributed by atoms with van der Waals surface area (Å²) in [6, 6.07) is 12.3. The maximum absolute atomic E-state index is 13.5.